The number of ether oxygens (including phenoxy) is 1. The number of carboxylic acids is 1. The van der Waals surface area contributed by atoms with Crippen molar-refractivity contribution >= 4 is 12.0 Å². The minimum atomic E-state index is -0.804. The number of urea groups is 1. The Hall–Kier alpha value is -1.30. The smallest absolute Gasteiger partial charge is 0.317 e. The van der Waals surface area contributed by atoms with Crippen molar-refractivity contribution in [3.63, 3.8) is 0 Å². The lowest BCUT2D eigenvalue weighted by molar-refractivity contribution is -0.150. The number of hydrogen-bond donors (Lipinski definition) is 2. The largest absolute Gasteiger partial charge is 0.481 e. The lowest BCUT2D eigenvalue weighted by atomic mass is 9.76. The van der Waals surface area contributed by atoms with Crippen LogP contribution in [0.3, 0.4) is 0 Å². The van der Waals surface area contributed by atoms with Crippen molar-refractivity contribution in [2.75, 3.05) is 26.2 Å². The van der Waals surface area contributed by atoms with E-state index in [1.165, 1.54) is 0 Å². The van der Waals surface area contributed by atoms with Crippen molar-refractivity contribution in [3.8, 4) is 0 Å². The van der Waals surface area contributed by atoms with Gasteiger partial charge < -0.3 is 20.1 Å². The Kier molecular flexibility index (Phi) is 4.76. The van der Waals surface area contributed by atoms with E-state index < -0.39 is 11.4 Å². The first-order valence-electron chi connectivity index (χ1n) is 7.74. The summed E-state index contributed by atoms with van der Waals surface area (Å²) in [5.41, 5.74) is -0.804. The predicted octanol–water partition coefficient (Wildman–Crippen LogP) is 1.55. The molecule has 0 aromatic heterocycles. The second kappa shape index (κ2) is 6.22. The van der Waals surface area contributed by atoms with E-state index in [1.54, 1.807) is 4.90 Å². The van der Waals surface area contributed by atoms with Crippen LogP contribution in [0.15, 0.2) is 0 Å². The Balaban J connectivity index is 1.88. The molecule has 2 saturated heterocycles. The summed E-state index contributed by atoms with van der Waals surface area (Å²) in [6.45, 7) is 7.99. The molecule has 6 nitrogen and oxygen atoms in total. The van der Waals surface area contributed by atoms with Gasteiger partial charge >= 0.3 is 12.0 Å². The van der Waals surface area contributed by atoms with Crippen LogP contribution < -0.4 is 5.32 Å². The van der Waals surface area contributed by atoms with Gasteiger partial charge in [-0.25, -0.2) is 4.79 Å². The molecule has 0 aliphatic carbocycles. The summed E-state index contributed by atoms with van der Waals surface area (Å²) in [6.07, 6.45) is 1.67. The molecule has 0 aromatic carbocycles. The van der Waals surface area contributed by atoms with Crippen LogP contribution in [0.4, 0.5) is 4.79 Å². The van der Waals surface area contributed by atoms with Crippen molar-refractivity contribution in [1.29, 1.82) is 0 Å². The molecule has 2 N–H and O–H groups in total. The van der Waals surface area contributed by atoms with Gasteiger partial charge in [-0.15, -0.1) is 0 Å². The number of carbonyl (C=O) groups excluding carboxylic acids is 1. The Morgan fingerprint density at radius 3 is 2.67 bits per heavy atom. The quantitative estimate of drug-likeness (QED) is 0.825. The third kappa shape index (κ3) is 3.15. The van der Waals surface area contributed by atoms with Crippen molar-refractivity contribution in [3.05, 3.63) is 0 Å². The average molecular weight is 298 g/mol. The molecule has 3 unspecified atom stereocenters. The normalized spacial score (nSPS) is 32.7. The number of nitrogens with one attached hydrogen (secondary N) is 1. The van der Waals surface area contributed by atoms with Crippen LogP contribution in [-0.2, 0) is 9.53 Å². The molecular formula is C15H26N2O4. The summed E-state index contributed by atoms with van der Waals surface area (Å²) in [4.78, 5) is 25.4. The van der Waals surface area contributed by atoms with Crippen molar-refractivity contribution in [1.82, 2.24) is 10.2 Å². The minimum absolute atomic E-state index is 0.0102. The number of likely N-dealkylation sites (tertiary alicyclic amines) is 1. The van der Waals surface area contributed by atoms with Crippen LogP contribution in [0.5, 0.6) is 0 Å². The minimum Gasteiger partial charge on any atom is -0.481 e. The van der Waals surface area contributed by atoms with Crippen LogP contribution in [0.1, 0.15) is 33.6 Å². The van der Waals surface area contributed by atoms with Gasteiger partial charge in [0.15, 0.2) is 0 Å². The molecule has 2 amide bonds. The number of carboxylic acid groups (broad SMARTS) is 1. The predicted molar refractivity (Wildman–Crippen MR) is 78.0 cm³/mol. The Bertz CT molecular complexity index is 412. The highest BCUT2D eigenvalue weighted by Crippen LogP contribution is 2.38. The van der Waals surface area contributed by atoms with E-state index in [9.17, 15) is 14.7 Å². The molecular weight excluding hydrogens is 272 g/mol. The topological polar surface area (TPSA) is 78.9 Å². The molecule has 2 aliphatic rings. The van der Waals surface area contributed by atoms with Gasteiger partial charge in [0.2, 0.25) is 0 Å². The molecule has 0 aromatic rings. The second-order valence-electron chi connectivity index (χ2n) is 6.60. The second-order valence-corrected chi connectivity index (χ2v) is 6.60. The standard InChI is InChI=1S/C15H26N2O4/c1-10(2)15(13(18)19)5-6-17(9-15)14(20)16-8-12-4-7-21-11(12)3/h10-12H,4-9H2,1-3H3,(H,16,20)(H,18,19). The molecule has 2 aliphatic heterocycles. The van der Waals surface area contributed by atoms with Gasteiger partial charge in [-0.1, -0.05) is 13.8 Å². The third-order valence-electron chi connectivity index (χ3n) is 5.17. The highest BCUT2D eigenvalue weighted by atomic mass is 16.5. The average Bonchev–Trinajstić information content (AvgIpc) is 3.03. The molecule has 120 valence electrons. The SMILES string of the molecule is CC1OCCC1CNC(=O)N1CCC(C(=O)O)(C(C)C)C1. The van der Waals surface area contributed by atoms with E-state index in [0.717, 1.165) is 13.0 Å². The fraction of sp³-hybridized carbons (Fsp3) is 0.867. The number of aliphatic carboxylic acids is 1. The maximum Gasteiger partial charge on any atom is 0.317 e. The fourth-order valence-electron chi connectivity index (χ4n) is 3.27. The van der Waals surface area contributed by atoms with Crippen molar-refractivity contribution in [2.45, 2.75) is 39.7 Å². The molecule has 0 bridgehead atoms. The van der Waals surface area contributed by atoms with Crippen LogP contribution in [-0.4, -0.2) is 54.4 Å². The fourth-order valence-corrected chi connectivity index (χ4v) is 3.27. The van der Waals surface area contributed by atoms with E-state index in [-0.39, 0.29) is 18.1 Å². The highest BCUT2D eigenvalue weighted by Gasteiger charge is 2.48. The van der Waals surface area contributed by atoms with Gasteiger partial charge in [0, 0.05) is 32.2 Å². The molecule has 0 saturated carbocycles. The maximum atomic E-state index is 12.2. The first-order chi connectivity index (χ1) is 9.86. The Labute approximate surface area is 125 Å². The van der Waals surface area contributed by atoms with E-state index in [4.69, 9.17) is 4.74 Å². The molecule has 21 heavy (non-hydrogen) atoms. The van der Waals surface area contributed by atoms with Crippen molar-refractivity contribution in [2.24, 2.45) is 17.3 Å². The summed E-state index contributed by atoms with van der Waals surface area (Å²) in [6, 6.07) is -0.155. The Morgan fingerprint density at radius 2 is 2.19 bits per heavy atom. The lowest BCUT2D eigenvalue weighted by Crippen LogP contribution is -2.45. The van der Waals surface area contributed by atoms with Gasteiger partial charge in [-0.3, -0.25) is 4.79 Å². The number of amides is 2. The van der Waals surface area contributed by atoms with Gasteiger partial charge in [0.1, 0.15) is 0 Å². The third-order valence-corrected chi connectivity index (χ3v) is 5.17. The zero-order chi connectivity index (χ0) is 15.6. The molecule has 2 fully saturated rings. The summed E-state index contributed by atoms with van der Waals surface area (Å²) in [7, 11) is 0. The van der Waals surface area contributed by atoms with E-state index >= 15 is 0 Å². The maximum absolute atomic E-state index is 12.2. The molecule has 6 heteroatoms. The van der Waals surface area contributed by atoms with E-state index in [2.05, 4.69) is 5.32 Å². The zero-order valence-electron chi connectivity index (χ0n) is 13.1. The highest BCUT2D eigenvalue weighted by molar-refractivity contribution is 5.80. The monoisotopic (exact) mass is 298 g/mol. The van der Waals surface area contributed by atoms with Gasteiger partial charge in [-0.2, -0.15) is 0 Å². The van der Waals surface area contributed by atoms with Crippen LogP contribution >= 0.6 is 0 Å². The number of nitrogens with zero attached hydrogens (tertiary/aromatic N) is 1. The van der Waals surface area contributed by atoms with Gasteiger partial charge in [-0.05, 0) is 25.7 Å². The van der Waals surface area contributed by atoms with Crippen LogP contribution in [0.2, 0.25) is 0 Å². The molecule has 0 spiro atoms. The first-order valence-corrected chi connectivity index (χ1v) is 7.74. The summed E-state index contributed by atoms with van der Waals surface area (Å²) >= 11 is 0. The molecule has 2 heterocycles. The zero-order valence-corrected chi connectivity index (χ0v) is 13.1. The van der Waals surface area contributed by atoms with Gasteiger partial charge in [0.05, 0.1) is 11.5 Å². The number of hydrogen-bond acceptors (Lipinski definition) is 3. The summed E-state index contributed by atoms with van der Waals surface area (Å²) < 4.78 is 5.48. The Morgan fingerprint density at radius 1 is 1.48 bits per heavy atom. The summed E-state index contributed by atoms with van der Waals surface area (Å²) in [5, 5.41) is 12.4. The number of carbonyl (C=O) groups is 2. The molecule has 3 atom stereocenters. The molecule has 0 radical (unpaired) electrons. The van der Waals surface area contributed by atoms with Crippen LogP contribution in [0.25, 0.3) is 0 Å². The van der Waals surface area contributed by atoms with E-state index in [1.807, 2.05) is 20.8 Å². The van der Waals surface area contributed by atoms with Crippen molar-refractivity contribution < 1.29 is 19.4 Å². The molecule has 2 rings (SSSR count). The number of rotatable bonds is 4. The van der Waals surface area contributed by atoms with Gasteiger partial charge in [0.25, 0.3) is 0 Å². The van der Waals surface area contributed by atoms with E-state index in [0.29, 0.717) is 32.0 Å². The summed E-state index contributed by atoms with van der Waals surface area (Å²) in [5.74, 6) is -0.437. The first kappa shape index (κ1) is 16.1. The lowest BCUT2D eigenvalue weighted by Gasteiger charge is -2.28. The van der Waals surface area contributed by atoms with Crippen LogP contribution in [0, 0.1) is 17.3 Å².